The minimum Gasteiger partial charge on any atom is -0.496 e. The number of methoxy groups -OCH3 is 1. The Hall–Kier alpha value is -1.58. The third-order valence-electron chi connectivity index (χ3n) is 3.20. The van der Waals surface area contributed by atoms with Crippen LogP contribution in [0, 0.1) is 0 Å². The Kier molecular flexibility index (Phi) is 4.40. The van der Waals surface area contributed by atoms with Gasteiger partial charge in [0.25, 0.3) is 0 Å². The number of hydrogen-bond donors (Lipinski definition) is 2. The van der Waals surface area contributed by atoms with E-state index in [0.717, 1.165) is 22.1 Å². The quantitative estimate of drug-likeness (QED) is 0.867. The van der Waals surface area contributed by atoms with Gasteiger partial charge < -0.3 is 15.2 Å². The average Bonchev–Trinajstić information content (AvgIpc) is 2.43. The van der Waals surface area contributed by atoms with Crippen molar-refractivity contribution in [3.8, 4) is 5.75 Å². The highest BCUT2D eigenvalue weighted by Crippen LogP contribution is 2.32. The van der Waals surface area contributed by atoms with Crippen LogP contribution in [0.3, 0.4) is 0 Å². The molecule has 2 rings (SSSR count). The van der Waals surface area contributed by atoms with Crippen molar-refractivity contribution in [3.05, 3.63) is 42.0 Å². The fourth-order valence-electron chi connectivity index (χ4n) is 2.25. The third kappa shape index (κ3) is 3.06. The highest BCUT2D eigenvalue weighted by atomic mass is 16.5. The number of aliphatic hydroxyl groups is 1. The lowest BCUT2D eigenvalue weighted by Gasteiger charge is -2.19. The Morgan fingerprint density at radius 3 is 2.58 bits per heavy atom. The molecule has 0 fully saturated rings. The topological polar surface area (TPSA) is 41.5 Å². The molecule has 2 N–H and O–H groups in total. The van der Waals surface area contributed by atoms with E-state index < -0.39 is 6.10 Å². The van der Waals surface area contributed by atoms with Crippen molar-refractivity contribution in [2.75, 3.05) is 13.7 Å². The van der Waals surface area contributed by atoms with E-state index in [-0.39, 0.29) is 0 Å². The molecule has 0 amide bonds. The second kappa shape index (κ2) is 6.04. The summed E-state index contributed by atoms with van der Waals surface area (Å²) in [6, 6.07) is 12.3. The molecular weight excluding hydrogens is 238 g/mol. The van der Waals surface area contributed by atoms with Gasteiger partial charge in [-0.1, -0.05) is 44.2 Å². The van der Waals surface area contributed by atoms with Crippen LogP contribution in [0.1, 0.15) is 25.5 Å². The Bertz CT molecular complexity index is 551. The SMILES string of the molecule is COc1ccc2ccccc2c1C(O)CNC(C)C. The molecule has 102 valence electrons. The Morgan fingerprint density at radius 2 is 1.89 bits per heavy atom. The fourth-order valence-corrected chi connectivity index (χ4v) is 2.25. The summed E-state index contributed by atoms with van der Waals surface area (Å²) in [6.45, 7) is 4.64. The lowest BCUT2D eigenvalue weighted by molar-refractivity contribution is 0.169. The van der Waals surface area contributed by atoms with Crippen molar-refractivity contribution in [2.45, 2.75) is 26.0 Å². The highest BCUT2D eigenvalue weighted by Gasteiger charge is 2.16. The second-order valence-electron chi connectivity index (χ2n) is 4.98. The third-order valence-corrected chi connectivity index (χ3v) is 3.20. The minimum absolute atomic E-state index is 0.343. The summed E-state index contributed by atoms with van der Waals surface area (Å²) in [7, 11) is 1.64. The fraction of sp³-hybridized carbons (Fsp3) is 0.375. The van der Waals surface area contributed by atoms with Crippen molar-refractivity contribution in [1.82, 2.24) is 5.32 Å². The number of aliphatic hydroxyl groups excluding tert-OH is 1. The zero-order valence-corrected chi connectivity index (χ0v) is 11.7. The van der Waals surface area contributed by atoms with Crippen LogP contribution in [0.25, 0.3) is 10.8 Å². The van der Waals surface area contributed by atoms with Crippen molar-refractivity contribution in [1.29, 1.82) is 0 Å². The van der Waals surface area contributed by atoms with Crippen molar-refractivity contribution in [3.63, 3.8) is 0 Å². The van der Waals surface area contributed by atoms with Crippen LogP contribution < -0.4 is 10.1 Å². The predicted molar refractivity (Wildman–Crippen MR) is 78.6 cm³/mol. The minimum atomic E-state index is -0.580. The molecule has 2 aromatic rings. The van der Waals surface area contributed by atoms with Crippen molar-refractivity contribution >= 4 is 10.8 Å². The normalized spacial score (nSPS) is 12.9. The summed E-state index contributed by atoms with van der Waals surface area (Å²) < 4.78 is 5.39. The standard InChI is InChI=1S/C16H21NO2/c1-11(2)17-10-14(18)16-13-7-5-4-6-12(13)8-9-15(16)19-3/h4-9,11,14,17-18H,10H2,1-3H3. The van der Waals surface area contributed by atoms with Crippen LogP contribution in [0.15, 0.2) is 36.4 Å². The molecule has 19 heavy (non-hydrogen) atoms. The van der Waals surface area contributed by atoms with Gasteiger partial charge in [0.1, 0.15) is 5.75 Å². The van der Waals surface area contributed by atoms with E-state index in [9.17, 15) is 5.11 Å². The first-order valence-corrected chi connectivity index (χ1v) is 6.60. The summed E-state index contributed by atoms with van der Waals surface area (Å²) in [5.74, 6) is 0.733. The summed E-state index contributed by atoms with van der Waals surface area (Å²) in [5.41, 5.74) is 0.855. The molecule has 0 aliphatic heterocycles. The molecular formula is C16H21NO2. The van der Waals surface area contributed by atoms with Crippen LogP contribution >= 0.6 is 0 Å². The maximum absolute atomic E-state index is 10.4. The zero-order chi connectivity index (χ0) is 13.8. The number of benzene rings is 2. The van der Waals surface area contributed by atoms with E-state index in [1.54, 1.807) is 7.11 Å². The summed E-state index contributed by atoms with van der Waals surface area (Å²) in [5, 5.41) is 15.8. The molecule has 2 aromatic carbocycles. The molecule has 0 saturated carbocycles. The van der Waals surface area contributed by atoms with Gasteiger partial charge in [0.05, 0.1) is 13.2 Å². The Morgan fingerprint density at radius 1 is 1.16 bits per heavy atom. The first-order valence-electron chi connectivity index (χ1n) is 6.60. The van der Waals surface area contributed by atoms with Gasteiger partial charge in [0, 0.05) is 18.2 Å². The van der Waals surface area contributed by atoms with Crippen molar-refractivity contribution < 1.29 is 9.84 Å². The van der Waals surface area contributed by atoms with Crippen LogP contribution in [0.5, 0.6) is 5.75 Å². The van der Waals surface area contributed by atoms with Crippen LogP contribution in [-0.4, -0.2) is 24.8 Å². The average molecular weight is 259 g/mol. The zero-order valence-electron chi connectivity index (χ0n) is 11.7. The number of fused-ring (bicyclic) bond motifs is 1. The van der Waals surface area contributed by atoms with E-state index in [2.05, 4.69) is 19.2 Å². The van der Waals surface area contributed by atoms with Crippen LogP contribution in [0.2, 0.25) is 0 Å². The number of ether oxygens (including phenoxy) is 1. The van der Waals surface area contributed by atoms with E-state index in [0.29, 0.717) is 12.6 Å². The van der Waals surface area contributed by atoms with Gasteiger partial charge in [-0.25, -0.2) is 0 Å². The summed E-state index contributed by atoms with van der Waals surface area (Å²) >= 11 is 0. The Labute approximate surface area is 114 Å². The predicted octanol–water partition coefficient (Wildman–Crippen LogP) is 2.88. The maximum atomic E-state index is 10.4. The molecule has 0 aliphatic carbocycles. The van der Waals surface area contributed by atoms with Crippen LogP contribution in [0.4, 0.5) is 0 Å². The van der Waals surface area contributed by atoms with Gasteiger partial charge in [-0.05, 0) is 16.8 Å². The van der Waals surface area contributed by atoms with E-state index in [4.69, 9.17) is 4.74 Å². The largest absolute Gasteiger partial charge is 0.496 e. The molecule has 1 atom stereocenters. The molecule has 0 aliphatic rings. The van der Waals surface area contributed by atoms with Crippen molar-refractivity contribution in [2.24, 2.45) is 0 Å². The van der Waals surface area contributed by atoms with Gasteiger partial charge in [0.2, 0.25) is 0 Å². The molecule has 3 heteroatoms. The van der Waals surface area contributed by atoms with Gasteiger partial charge in [0.15, 0.2) is 0 Å². The Balaban J connectivity index is 2.43. The molecule has 0 heterocycles. The van der Waals surface area contributed by atoms with Gasteiger partial charge >= 0.3 is 0 Å². The second-order valence-corrected chi connectivity index (χ2v) is 4.98. The monoisotopic (exact) mass is 259 g/mol. The summed E-state index contributed by atoms with van der Waals surface area (Å²) in [4.78, 5) is 0. The molecule has 1 unspecified atom stereocenters. The molecule has 0 saturated heterocycles. The first-order chi connectivity index (χ1) is 9.13. The number of hydrogen-bond acceptors (Lipinski definition) is 3. The number of rotatable bonds is 5. The maximum Gasteiger partial charge on any atom is 0.125 e. The van der Waals surface area contributed by atoms with Gasteiger partial charge in [-0.3, -0.25) is 0 Å². The number of nitrogens with one attached hydrogen (secondary N) is 1. The summed E-state index contributed by atoms with van der Waals surface area (Å²) in [6.07, 6.45) is -0.580. The molecule has 0 bridgehead atoms. The lowest BCUT2D eigenvalue weighted by atomic mass is 9.99. The molecule has 0 radical (unpaired) electrons. The molecule has 0 spiro atoms. The molecule has 0 aromatic heterocycles. The molecule has 3 nitrogen and oxygen atoms in total. The smallest absolute Gasteiger partial charge is 0.125 e. The highest BCUT2D eigenvalue weighted by molar-refractivity contribution is 5.88. The van der Waals surface area contributed by atoms with E-state index in [1.165, 1.54) is 0 Å². The van der Waals surface area contributed by atoms with Gasteiger partial charge in [-0.15, -0.1) is 0 Å². The van der Waals surface area contributed by atoms with Crippen LogP contribution in [-0.2, 0) is 0 Å². The van der Waals surface area contributed by atoms with Gasteiger partial charge in [-0.2, -0.15) is 0 Å². The first kappa shape index (κ1) is 13.8. The lowest BCUT2D eigenvalue weighted by Crippen LogP contribution is -2.28. The van der Waals surface area contributed by atoms with E-state index in [1.807, 2.05) is 36.4 Å². The van der Waals surface area contributed by atoms with E-state index >= 15 is 0 Å².